The van der Waals surface area contributed by atoms with Gasteiger partial charge in [-0.15, -0.1) is 10.2 Å². The number of hydrogen-bond donors (Lipinski definition) is 1. The van der Waals surface area contributed by atoms with Crippen LogP contribution in [-0.4, -0.2) is 27.7 Å². The highest BCUT2D eigenvalue weighted by atomic mass is 32.1. The van der Waals surface area contributed by atoms with Crippen LogP contribution < -0.4 is 5.32 Å². The lowest BCUT2D eigenvalue weighted by Crippen LogP contribution is -2.37. The predicted octanol–water partition coefficient (Wildman–Crippen LogP) is 3.84. The summed E-state index contributed by atoms with van der Waals surface area (Å²) < 4.78 is 5.90. The molecular weight excluding hydrogens is 300 g/mol. The fourth-order valence-corrected chi connectivity index (χ4v) is 3.24. The normalized spacial score (nSPS) is 19.0. The van der Waals surface area contributed by atoms with Crippen LogP contribution in [0.4, 0.5) is 9.93 Å². The lowest BCUT2D eigenvalue weighted by molar-refractivity contribution is 0.178. The van der Waals surface area contributed by atoms with Crippen molar-refractivity contribution in [2.24, 2.45) is 0 Å². The molecule has 0 radical (unpaired) electrons. The van der Waals surface area contributed by atoms with Gasteiger partial charge in [-0.1, -0.05) is 31.1 Å². The fraction of sp³-hybridized carbons (Fsp3) is 0.533. The quantitative estimate of drug-likeness (QED) is 0.932. The average Bonchev–Trinajstić information content (AvgIpc) is 3.14. The number of rotatable bonds is 3. The van der Waals surface area contributed by atoms with E-state index in [-0.39, 0.29) is 12.1 Å². The molecule has 22 heavy (non-hydrogen) atoms. The van der Waals surface area contributed by atoms with Crippen LogP contribution in [0.15, 0.2) is 22.1 Å². The monoisotopic (exact) mass is 320 g/mol. The number of urea groups is 1. The smallest absolute Gasteiger partial charge is 0.324 e. The largest absolute Gasteiger partial charge is 0.464 e. The molecule has 0 aromatic carbocycles. The molecule has 0 aliphatic carbocycles. The van der Waals surface area contributed by atoms with Gasteiger partial charge >= 0.3 is 6.03 Å². The Hall–Kier alpha value is -1.89. The molecule has 7 heteroatoms. The van der Waals surface area contributed by atoms with E-state index in [0.29, 0.717) is 5.13 Å². The summed E-state index contributed by atoms with van der Waals surface area (Å²) >= 11 is 1.32. The number of nitrogens with zero attached hydrogens (tertiary/aromatic N) is 3. The lowest BCUT2D eigenvalue weighted by atomic mass is 10.1. The second kappa shape index (κ2) is 6.91. The molecule has 2 aromatic rings. The topological polar surface area (TPSA) is 71.3 Å². The summed E-state index contributed by atoms with van der Waals surface area (Å²) in [5, 5.41) is 11.0. The van der Waals surface area contributed by atoms with E-state index in [1.54, 1.807) is 5.51 Å². The zero-order valence-corrected chi connectivity index (χ0v) is 13.4. The first-order valence-corrected chi connectivity index (χ1v) is 8.58. The molecule has 1 aliphatic heterocycles. The number of carbonyl (C=O) groups is 1. The lowest BCUT2D eigenvalue weighted by Gasteiger charge is -2.28. The fourth-order valence-electron chi connectivity index (χ4n) is 2.80. The first-order valence-electron chi connectivity index (χ1n) is 7.70. The first-order chi connectivity index (χ1) is 10.8. The van der Waals surface area contributed by atoms with Crippen molar-refractivity contribution < 1.29 is 9.21 Å². The number of aromatic nitrogens is 2. The van der Waals surface area contributed by atoms with Gasteiger partial charge in [0.15, 0.2) is 0 Å². The van der Waals surface area contributed by atoms with Gasteiger partial charge in [-0.05, 0) is 25.0 Å². The van der Waals surface area contributed by atoms with Gasteiger partial charge in [0, 0.05) is 13.0 Å². The molecule has 1 N–H and O–H groups in total. The Morgan fingerprint density at radius 1 is 1.45 bits per heavy atom. The molecule has 0 saturated carbocycles. The Balaban J connectivity index is 1.79. The van der Waals surface area contributed by atoms with E-state index in [1.165, 1.54) is 11.3 Å². The number of nitrogens with one attached hydrogen (secondary N) is 1. The van der Waals surface area contributed by atoms with Gasteiger partial charge in [-0.25, -0.2) is 4.79 Å². The van der Waals surface area contributed by atoms with Crippen molar-refractivity contribution in [1.29, 1.82) is 0 Å². The Bertz CT molecular complexity index is 611. The van der Waals surface area contributed by atoms with E-state index < -0.39 is 0 Å². The summed E-state index contributed by atoms with van der Waals surface area (Å²) in [6, 6.07) is 3.87. The molecular formula is C15H20N4O2S. The van der Waals surface area contributed by atoms with Gasteiger partial charge in [0.1, 0.15) is 17.0 Å². The molecule has 6 nitrogen and oxygen atoms in total. The van der Waals surface area contributed by atoms with E-state index in [4.69, 9.17) is 4.42 Å². The van der Waals surface area contributed by atoms with Crippen LogP contribution >= 0.6 is 11.3 Å². The second-order valence-corrected chi connectivity index (χ2v) is 6.22. The minimum atomic E-state index is -0.127. The van der Waals surface area contributed by atoms with E-state index >= 15 is 0 Å². The van der Waals surface area contributed by atoms with E-state index in [9.17, 15) is 4.79 Å². The summed E-state index contributed by atoms with van der Waals surface area (Å²) in [6.07, 6.45) is 5.06. The number of likely N-dealkylation sites (tertiary alicyclic amines) is 1. The molecule has 0 spiro atoms. The van der Waals surface area contributed by atoms with Gasteiger partial charge in [-0.3, -0.25) is 5.32 Å². The van der Waals surface area contributed by atoms with Crippen LogP contribution in [0.1, 0.15) is 50.2 Å². The molecule has 1 atom stereocenters. The maximum Gasteiger partial charge on any atom is 0.324 e. The third-order valence-electron chi connectivity index (χ3n) is 3.95. The van der Waals surface area contributed by atoms with Crippen molar-refractivity contribution in [3.8, 4) is 0 Å². The van der Waals surface area contributed by atoms with Gasteiger partial charge in [0.2, 0.25) is 5.13 Å². The Morgan fingerprint density at radius 2 is 2.36 bits per heavy atom. The summed E-state index contributed by atoms with van der Waals surface area (Å²) in [6.45, 7) is 2.80. The number of carbonyl (C=O) groups excluding carboxylic acids is 1. The van der Waals surface area contributed by atoms with Gasteiger partial charge in [-0.2, -0.15) is 0 Å². The van der Waals surface area contributed by atoms with Gasteiger partial charge in [0.25, 0.3) is 0 Å². The molecule has 1 fully saturated rings. The highest BCUT2D eigenvalue weighted by Crippen LogP contribution is 2.32. The predicted molar refractivity (Wildman–Crippen MR) is 84.9 cm³/mol. The van der Waals surface area contributed by atoms with Crippen molar-refractivity contribution >= 4 is 22.5 Å². The maximum absolute atomic E-state index is 12.6. The summed E-state index contributed by atoms with van der Waals surface area (Å²) in [5.41, 5.74) is 1.61. The Kier molecular flexibility index (Phi) is 4.72. The average molecular weight is 320 g/mol. The van der Waals surface area contributed by atoms with Gasteiger partial charge < -0.3 is 9.32 Å². The number of aryl methyl sites for hydroxylation is 1. The maximum atomic E-state index is 12.6. The summed E-state index contributed by atoms with van der Waals surface area (Å²) in [5.74, 6) is 1.84. The standard InChI is InChI=1S/C15H20N4O2S/c1-2-11-7-8-13(21-11)12-6-4-3-5-9-19(12)15(20)17-14-18-16-10-22-14/h7-8,10,12H,2-6,9H2,1H3,(H,17,18,20)/t12-/m1/s1. The van der Waals surface area contributed by atoms with Crippen LogP contribution in [0.25, 0.3) is 0 Å². The first kappa shape index (κ1) is 15.0. The van der Waals surface area contributed by atoms with Crippen molar-refractivity contribution in [3.63, 3.8) is 0 Å². The minimum Gasteiger partial charge on any atom is -0.464 e. The molecule has 1 aliphatic rings. The van der Waals surface area contributed by atoms with Crippen LogP contribution in [0.5, 0.6) is 0 Å². The Labute approximate surface area is 133 Å². The number of anilines is 1. The van der Waals surface area contributed by atoms with Crippen molar-refractivity contribution in [3.05, 3.63) is 29.2 Å². The molecule has 2 aromatic heterocycles. The summed E-state index contributed by atoms with van der Waals surface area (Å²) in [7, 11) is 0. The van der Waals surface area contributed by atoms with E-state index in [1.807, 2.05) is 17.0 Å². The zero-order valence-electron chi connectivity index (χ0n) is 12.6. The molecule has 1 saturated heterocycles. The van der Waals surface area contributed by atoms with Crippen molar-refractivity contribution in [2.45, 2.75) is 45.1 Å². The zero-order chi connectivity index (χ0) is 15.4. The van der Waals surface area contributed by atoms with Crippen LogP contribution in [0.3, 0.4) is 0 Å². The van der Waals surface area contributed by atoms with Crippen molar-refractivity contribution in [2.75, 3.05) is 11.9 Å². The number of furan rings is 1. The minimum absolute atomic E-state index is 0.00396. The molecule has 2 amide bonds. The van der Waals surface area contributed by atoms with Crippen molar-refractivity contribution in [1.82, 2.24) is 15.1 Å². The Morgan fingerprint density at radius 3 is 3.09 bits per heavy atom. The SMILES string of the molecule is CCc1ccc([C@H]2CCCCCN2C(=O)Nc2nncs2)o1. The van der Waals surface area contributed by atoms with E-state index in [2.05, 4.69) is 22.4 Å². The third kappa shape index (κ3) is 3.30. The van der Waals surface area contributed by atoms with Crippen LogP contribution in [0, 0.1) is 0 Å². The molecule has 118 valence electrons. The third-order valence-corrected chi connectivity index (χ3v) is 4.55. The number of amides is 2. The summed E-state index contributed by atoms with van der Waals surface area (Å²) in [4.78, 5) is 14.5. The second-order valence-electron chi connectivity index (χ2n) is 5.39. The number of hydrogen-bond acceptors (Lipinski definition) is 5. The highest BCUT2D eigenvalue weighted by Gasteiger charge is 2.29. The molecule has 0 unspecified atom stereocenters. The van der Waals surface area contributed by atoms with Gasteiger partial charge in [0.05, 0.1) is 6.04 Å². The molecule has 3 heterocycles. The van der Waals surface area contributed by atoms with Crippen LogP contribution in [-0.2, 0) is 6.42 Å². The highest BCUT2D eigenvalue weighted by molar-refractivity contribution is 7.13. The molecule has 0 bridgehead atoms. The van der Waals surface area contributed by atoms with E-state index in [0.717, 1.165) is 50.2 Å². The molecule has 3 rings (SSSR count). The van der Waals surface area contributed by atoms with Crippen LogP contribution in [0.2, 0.25) is 0 Å².